The summed E-state index contributed by atoms with van der Waals surface area (Å²) in [5.74, 6) is 0. The molecule has 0 atom stereocenters. The lowest BCUT2D eigenvalue weighted by molar-refractivity contribution is 0.286. The van der Waals surface area contributed by atoms with Gasteiger partial charge >= 0.3 is 0 Å². The number of allylic oxidation sites excluding steroid dienone is 2. The van der Waals surface area contributed by atoms with Crippen molar-refractivity contribution in [1.82, 2.24) is 0 Å². The number of hydrogen-bond acceptors (Lipinski definition) is 0. The molecule has 0 heterocycles. The first kappa shape index (κ1) is 25.3. The highest BCUT2D eigenvalue weighted by molar-refractivity contribution is 5.87. The second-order valence-electron chi connectivity index (χ2n) is 12.6. The summed E-state index contributed by atoms with van der Waals surface area (Å²) in [6.07, 6.45) is 14.0. The molecule has 4 aromatic rings. The Labute approximate surface area is 240 Å². The second-order valence-corrected chi connectivity index (χ2v) is 12.6. The van der Waals surface area contributed by atoms with Gasteiger partial charge in [-0.15, -0.1) is 0 Å². The van der Waals surface area contributed by atoms with Crippen LogP contribution in [-0.4, -0.2) is 0 Å². The highest BCUT2D eigenvalue weighted by Gasteiger charge is 2.42. The molecule has 0 nitrogen and oxygen atoms in total. The molecule has 0 N–H and O–H groups in total. The van der Waals surface area contributed by atoms with E-state index in [2.05, 4.69) is 113 Å². The molecule has 0 aliphatic heterocycles. The Morgan fingerprint density at radius 2 is 0.875 bits per heavy atom. The summed E-state index contributed by atoms with van der Waals surface area (Å²) in [6.45, 7) is 9.05. The maximum atomic E-state index is 2.62. The van der Waals surface area contributed by atoms with E-state index < -0.39 is 0 Å². The predicted octanol–water partition coefficient (Wildman–Crippen LogP) is 10.8. The number of rotatable bonds is 4. The molecular weight excluding hydrogens is 480 g/mol. The summed E-state index contributed by atoms with van der Waals surface area (Å²) in [5.41, 5.74) is 20.6. The standard InChI is InChI=1S/C40H40/c1-26-12-8-13-27(2)38(26)34-18-10-16-30-22-32(24-36(30)34)40(20-6-5-7-21-40)33-23-31-17-11-19-35(37(31)25-33)39-28(3)14-9-15-29(39)4/h8-19,24-25H,5-7,20-23H2,1-4H3. The van der Waals surface area contributed by atoms with Crippen LogP contribution >= 0.6 is 0 Å². The second kappa shape index (κ2) is 9.77. The maximum Gasteiger partial charge on any atom is 0.0134 e. The number of fused-ring (bicyclic) bond motifs is 2. The van der Waals surface area contributed by atoms with E-state index >= 15 is 0 Å². The van der Waals surface area contributed by atoms with Gasteiger partial charge in [0.2, 0.25) is 0 Å². The van der Waals surface area contributed by atoms with E-state index in [0.29, 0.717) is 0 Å². The van der Waals surface area contributed by atoms with E-state index in [1.54, 1.807) is 11.1 Å². The monoisotopic (exact) mass is 520 g/mol. The van der Waals surface area contributed by atoms with Crippen molar-refractivity contribution in [2.45, 2.75) is 72.6 Å². The Bertz CT molecular complexity index is 1540. The molecule has 0 bridgehead atoms. The van der Waals surface area contributed by atoms with Crippen molar-refractivity contribution < 1.29 is 0 Å². The lowest BCUT2D eigenvalue weighted by atomic mass is 9.63. The maximum absolute atomic E-state index is 2.62. The summed E-state index contributed by atoms with van der Waals surface area (Å²) in [7, 11) is 0. The van der Waals surface area contributed by atoms with E-state index in [0.717, 1.165) is 12.8 Å². The van der Waals surface area contributed by atoms with Gasteiger partial charge in [0.15, 0.2) is 0 Å². The minimum atomic E-state index is 0.173. The molecule has 0 saturated heterocycles. The molecule has 0 aromatic heterocycles. The summed E-state index contributed by atoms with van der Waals surface area (Å²) < 4.78 is 0. The average molecular weight is 521 g/mol. The quantitative estimate of drug-likeness (QED) is 0.251. The Balaban J connectivity index is 1.35. The van der Waals surface area contributed by atoms with Crippen LogP contribution in [-0.2, 0) is 12.8 Å². The van der Waals surface area contributed by atoms with Crippen LogP contribution in [0.25, 0.3) is 34.4 Å². The first-order valence-corrected chi connectivity index (χ1v) is 15.3. The van der Waals surface area contributed by atoms with Gasteiger partial charge in [-0.25, -0.2) is 0 Å². The largest absolute Gasteiger partial charge is 0.0617 e. The van der Waals surface area contributed by atoms with E-state index in [1.165, 1.54) is 98.9 Å². The highest BCUT2D eigenvalue weighted by Crippen LogP contribution is 2.56. The molecule has 7 rings (SSSR count). The molecule has 0 radical (unpaired) electrons. The zero-order valence-corrected chi connectivity index (χ0v) is 24.5. The van der Waals surface area contributed by atoms with E-state index in [-0.39, 0.29) is 5.41 Å². The van der Waals surface area contributed by atoms with Gasteiger partial charge in [-0.3, -0.25) is 0 Å². The molecule has 3 aliphatic rings. The van der Waals surface area contributed by atoms with Crippen LogP contribution in [0.5, 0.6) is 0 Å². The molecule has 4 aromatic carbocycles. The van der Waals surface area contributed by atoms with E-state index in [1.807, 2.05) is 0 Å². The number of aryl methyl sites for hydroxylation is 4. The van der Waals surface area contributed by atoms with Gasteiger partial charge < -0.3 is 0 Å². The lowest BCUT2D eigenvalue weighted by Gasteiger charge is -2.40. The number of benzene rings is 4. The topological polar surface area (TPSA) is 0 Å². The van der Waals surface area contributed by atoms with Gasteiger partial charge in [0.05, 0.1) is 0 Å². The van der Waals surface area contributed by atoms with Crippen molar-refractivity contribution >= 4 is 12.2 Å². The summed E-state index contributed by atoms with van der Waals surface area (Å²) in [4.78, 5) is 0. The Morgan fingerprint density at radius 3 is 1.30 bits per heavy atom. The van der Waals surface area contributed by atoms with Crippen LogP contribution in [0, 0.1) is 33.1 Å². The van der Waals surface area contributed by atoms with Crippen molar-refractivity contribution in [3.63, 3.8) is 0 Å². The number of hydrogen-bond donors (Lipinski definition) is 0. The van der Waals surface area contributed by atoms with E-state index in [9.17, 15) is 0 Å². The molecule has 1 fully saturated rings. The molecule has 1 saturated carbocycles. The van der Waals surface area contributed by atoms with Crippen LogP contribution in [0.4, 0.5) is 0 Å². The summed E-state index contributed by atoms with van der Waals surface area (Å²) in [5, 5.41) is 0. The fourth-order valence-corrected chi connectivity index (χ4v) is 8.27. The van der Waals surface area contributed by atoms with Gasteiger partial charge in [0.1, 0.15) is 0 Å². The third kappa shape index (κ3) is 3.95. The molecule has 200 valence electrons. The normalized spacial score (nSPS) is 17.3. The fourth-order valence-electron chi connectivity index (χ4n) is 8.27. The molecule has 3 aliphatic carbocycles. The average Bonchev–Trinajstić information content (AvgIpc) is 3.60. The van der Waals surface area contributed by atoms with Crippen molar-refractivity contribution in [2.24, 2.45) is 5.41 Å². The first-order chi connectivity index (χ1) is 19.5. The third-order valence-corrected chi connectivity index (χ3v) is 10.2. The molecule has 0 spiro atoms. The van der Waals surface area contributed by atoms with Crippen LogP contribution in [0.15, 0.2) is 83.9 Å². The molecule has 40 heavy (non-hydrogen) atoms. The highest BCUT2D eigenvalue weighted by atomic mass is 14.5. The SMILES string of the molecule is Cc1cccc(C)c1-c1cccc2c1C=C(C1(C3=Cc4c(cccc4-c4c(C)cccc4C)C3)CCCCC1)C2. The van der Waals surface area contributed by atoms with Crippen LogP contribution in [0.3, 0.4) is 0 Å². The van der Waals surface area contributed by atoms with Gasteiger partial charge in [0.25, 0.3) is 0 Å². The lowest BCUT2D eigenvalue weighted by Crippen LogP contribution is -2.29. The van der Waals surface area contributed by atoms with Crippen LogP contribution < -0.4 is 0 Å². The van der Waals surface area contributed by atoms with Gasteiger partial charge in [-0.05, 0) is 120 Å². The minimum absolute atomic E-state index is 0.173. The Kier molecular flexibility index (Phi) is 6.19. The smallest absolute Gasteiger partial charge is 0.0134 e. The fraction of sp³-hybridized carbons (Fsp3) is 0.300. The molecule has 0 unspecified atom stereocenters. The van der Waals surface area contributed by atoms with Gasteiger partial charge in [-0.2, -0.15) is 0 Å². The molecule has 0 amide bonds. The molecule has 0 heteroatoms. The van der Waals surface area contributed by atoms with Crippen LogP contribution in [0.1, 0.15) is 76.6 Å². The zero-order chi connectivity index (χ0) is 27.4. The Morgan fingerprint density at radius 1 is 0.475 bits per heavy atom. The molecular formula is C40H40. The van der Waals surface area contributed by atoms with Crippen molar-refractivity contribution in [2.75, 3.05) is 0 Å². The van der Waals surface area contributed by atoms with Crippen LogP contribution in [0.2, 0.25) is 0 Å². The van der Waals surface area contributed by atoms with Crippen molar-refractivity contribution in [3.05, 3.63) is 128 Å². The Hall–Kier alpha value is -3.64. The summed E-state index contributed by atoms with van der Waals surface area (Å²) in [6, 6.07) is 27.4. The van der Waals surface area contributed by atoms with Crippen molar-refractivity contribution in [3.8, 4) is 22.3 Å². The van der Waals surface area contributed by atoms with Gasteiger partial charge in [-0.1, -0.05) is 115 Å². The minimum Gasteiger partial charge on any atom is -0.0617 e. The zero-order valence-electron chi connectivity index (χ0n) is 24.5. The predicted molar refractivity (Wildman–Crippen MR) is 172 cm³/mol. The first-order valence-electron chi connectivity index (χ1n) is 15.3. The third-order valence-electron chi connectivity index (χ3n) is 10.2. The summed E-state index contributed by atoms with van der Waals surface area (Å²) >= 11 is 0. The van der Waals surface area contributed by atoms with Gasteiger partial charge in [0, 0.05) is 5.41 Å². The van der Waals surface area contributed by atoms with E-state index in [4.69, 9.17) is 0 Å². The van der Waals surface area contributed by atoms with Crippen molar-refractivity contribution in [1.29, 1.82) is 0 Å².